The van der Waals surface area contributed by atoms with Crippen molar-refractivity contribution in [1.82, 2.24) is 34.6 Å². The molecule has 10 heteroatoms. The van der Waals surface area contributed by atoms with Crippen molar-refractivity contribution < 1.29 is 9.53 Å². The van der Waals surface area contributed by atoms with Crippen LogP contribution in [0.3, 0.4) is 0 Å². The number of H-pyrrole nitrogens is 1. The van der Waals surface area contributed by atoms with Gasteiger partial charge >= 0.3 is 0 Å². The predicted molar refractivity (Wildman–Crippen MR) is 123 cm³/mol. The Balaban J connectivity index is 1.55. The second-order valence-corrected chi connectivity index (χ2v) is 7.83. The van der Waals surface area contributed by atoms with E-state index in [1.807, 2.05) is 18.2 Å². The van der Waals surface area contributed by atoms with E-state index in [4.69, 9.17) is 15.6 Å². The van der Waals surface area contributed by atoms with E-state index in [1.54, 1.807) is 23.0 Å². The summed E-state index contributed by atoms with van der Waals surface area (Å²) in [7, 11) is 1.62. The van der Waals surface area contributed by atoms with Crippen LogP contribution in [-0.4, -0.2) is 66.8 Å². The fourth-order valence-electron chi connectivity index (χ4n) is 4.29. The van der Waals surface area contributed by atoms with Gasteiger partial charge in [0.15, 0.2) is 5.65 Å². The van der Waals surface area contributed by atoms with Crippen molar-refractivity contribution in [3.05, 3.63) is 54.8 Å². The van der Waals surface area contributed by atoms with Crippen molar-refractivity contribution in [2.45, 2.75) is 18.5 Å². The van der Waals surface area contributed by atoms with Gasteiger partial charge in [0, 0.05) is 19.2 Å². The van der Waals surface area contributed by atoms with Crippen LogP contribution in [0.1, 0.15) is 23.7 Å². The van der Waals surface area contributed by atoms with E-state index in [1.165, 1.54) is 12.4 Å². The third-order valence-electron chi connectivity index (χ3n) is 5.82. The fraction of sp³-hybridized carbons (Fsp3) is 0.261. The molecule has 1 amide bonds. The number of carbonyl (C=O) groups excluding carboxylic acids is 1. The van der Waals surface area contributed by atoms with Gasteiger partial charge in [-0.15, -0.1) is 0 Å². The van der Waals surface area contributed by atoms with E-state index in [2.05, 4.69) is 38.4 Å². The average Bonchev–Trinajstić information content (AvgIpc) is 3.54. The van der Waals surface area contributed by atoms with E-state index in [0.717, 1.165) is 16.6 Å². The Morgan fingerprint density at radius 2 is 2.24 bits per heavy atom. The lowest BCUT2D eigenvalue weighted by Gasteiger charge is -2.22. The van der Waals surface area contributed by atoms with Gasteiger partial charge in [-0.2, -0.15) is 5.10 Å². The number of aromatic amines is 1. The highest BCUT2D eigenvalue weighted by molar-refractivity contribution is 5.91. The SMILES string of the molecule is C=CC(=O)N1C[C@@H](n2nc(C#Cc3ccc4[nH]cnc4c3)c3c(N)ncnc32)C[C@@H]1COC. The number of nitrogen functional groups attached to an aromatic ring is 1. The van der Waals surface area contributed by atoms with E-state index >= 15 is 0 Å². The molecule has 5 rings (SSSR count). The average molecular weight is 442 g/mol. The predicted octanol–water partition coefficient (Wildman–Crippen LogP) is 1.66. The maximum atomic E-state index is 12.4. The van der Waals surface area contributed by atoms with Gasteiger partial charge in [0.2, 0.25) is 5.91 Å². The molecule has 0 radical (unpaired) electrons. The molecule has 0 aliphatic carbocycles. The number of hydrogen-bond donors (Lipinski definition) is 2. The second kappa shape index (κ2) is 8.37. The molecule has 3 N–H and O–H groups in total. The van der Waals surface area contributed by atoms with Gasteiger partial charge < -0.3 is 20.4 Å². The molecular weight excluding hydrogens is 420 g/mol. The number of carbonyl (C=O) groups is 1. The fourth-order valence-corrected chi connectivity index (χ4v) is 4.29. The topological polar surface area (TPSA) is 128 Å². The molecule has 1 fully saturated rings. The number of likely N-dealkylation sites (tertiary alicyclic amines) is 1. The van der Waals surface area contributed by atoms with Crippen LogP contribution in [-0.2, 0) is 9.53 Å². The second-order valence-electron chi connectivity index (χ2n) is 7.83. The molecule has 4 aromatic rings. The van der Waals surface area contributed by atoms with Crippen molar-refractivity contribution >= 4 is 33.8 Å². The highest BCUT2D eigenvalue weighted by atomic mass is 16.5. The van der Waals surface area contributed by atoms with Crippen LogP contribution in [0.5, 0.6) is 0 Å². The molecule has 1 saturated heterocycles. The minimum absolute atomic E-state index is 0.0842. The zero-order valence-electron chi connectivity index (χ0n) is 18.0. The molecule has 1 aliphatic heterocycles. The number of rotatable bonds is 4. The minimum atomic E-state index is -0.140. The molecule has 10 nitrogen and oxygen atoms in total. The number of amides is 1. The van der Waals surface area contributed by atoms with Gasteiger partial charge in [-0.25, -0.2) is 19.6 Å². The molecule has 0 bridgehead atoms. The first-order chi connectivity index (χ1) is 16.1. The summed E-state index contributed by atoms with van der Waals surface area (Å²) in [6.45, 7) is 4.50. The van der Waals surface area contributed by atoms with Crippen molar-refractivity contribution in [1.29, 1.82) is 0 Å². The van der Waals surface area contributed by atoms with Gasteiger partial charge in [-0.3, -0.25) is 4.79 Å². The number of imidazole rings is 1. The summed E-state index contributed by atoms with van der Waals surface area (Å²) in [5.41, 5.74) is 9.84. The Hall–Kier alpha value is -4.23. The van der Waals surface area contributed by atoms with Gasteiger partial charge in [-0.1, -0.05) is 12.5 Å². The lowest BCUT2D eigenvalue weighted by molar-refractivity contribution is -0.127. The first-order valence-electron chi connectivity index (χ1n) is 10.4. The minimum Gasteiger partial charge on any atom is -0.383 e. The van der Waals surface area contributed by atoms with Crippen LogP contribution in [0.2, 0.25) is 0 Å². The first-order valence-corrected chi connectivity index (χ1v) is 10.4. The Kier molecular flexibility index (Phi) is 5.24. The summed E-state index contributed by atoms with van der Waals surface area (Å²) in [4.78, 5) is 30.0. The van der Waals surface area contributed by atoms with E-state index in [-0.39, 0.29) is 18.0 Å². The molecule has 2 atom stereocenters. The third-order valence-corrected chi connectivity index (χ3v) is 5.82. The summed E-state index contributed by atoms with van der Waals surface area (Å²) in [5, 5.41) is 5.35. The quantitative estimate of drug-likeness (QED) is 0.363. The normalized spacial score (nSPS) is 17.9. The molecular formula is C23H22N8O2. The monoisotopic (exact) mass is 442 g/mol. The maximum Gasteiger partial charge on any atom is 0.246 e. The number of anilines is 1. The standard InChI is InChI=1S/C23H22N8O2/c1-3-20(32)30-10-15(9-16(30)11-33-2)31-23-21(22(24)27-13-28-23)18(29-31)7-5-14-4-6-17-19(8-14)26-12-25-17/h3-4,6,8,12-13,15-16H,1,9-11H2,2H3,(H,25,26)(H2,24,27,28)/t15-,16+/m0/s1. The van der Waals surface area contributed by atoms with Gasteiger partial charge in [-0.05, 0) is 36.6 Å². The maximum absolute atomic E-state index is 12.4. The molecule has 33 heavy (non-hydrogen) atoms. The zero-order chi connectivity index (χ0) is 22.9. The molecule has 1 aliphatic rings. The first kappa shape index (κ1) is 20.7. The lowest BCUT2D eigenvalue weighted by Crippen LogP contribution is -2.37. The van der Waals surface area contributed by atoms with Crippen LogP contribution < -0.4 is 5.73 Å². The van der Waals surface area contributed by atoms with Crippen LogP contribution in [0.15, 0.2) is 43.5 Å². The highest BCUT2D eigenvalue weighted by Gasteiger charge is 2.37. The summed E-state index contributed by atoms with van der Waals surface area (Å²) in [6.07, 6.45) is 5.04. The number of nitrogens with zero attached hydrogens (tertiary/aromatic N) is 6. The van der Waals surface area contributed by atoms with Crippen LogP contribution in [0.25, 0.3) is 22.1 Å². The summed E-state index contributed by atoms with van der Waals surface area (Å²) in [5.74, 6) is 6.44. The number of nitrogens with one attached hydrogen (secondary N) is 1. The van der Waals surface area contributed by atoms with Gasteiger partial charge in [0.1, 0.15) is 17.8 Å². The smallest absolute Gasteiger partial charge is 0.246 e. The number of nitrogens with two attached hydrogens (primary N) is 1. The van der Waals surface area contributed by atoms with Crippen molar-refractivity contribution in [3.63, 3.8) is 0 Å². The van der Waals surface area contributed by atoms with Gasteiger partial charge in [0.05, 0.1) is 41.4 Å². The Labute approximate surface area is 189 Å². The zero-order valence-corrected chi connectivity index (χ0v) is 18.0. The largest absolute Gasteiger partial charge is 0.383 e. The van der Waals surface area contributed by atoms with E-state index in [0.29, 0.717) is 42.1 Å². The Bertz CT molecular complexity index is 1430. The van der Waals surface area contributed by atoms with Crippen LogP contribution in [0, 0.1) is 11.8 Å². The van der Waals surface area contributed by atoms with Gasteiger partial charge in [0.25, 0.3) is 0 Å². The molecule has 166 valence electrons. The van der Waals surface area contributed by atoms with E-state index < -0.39 is 0 Å². The van der Waals surface area contributed by atoms with Crippen molar-refractivity contribution in [2.75, 3.05) is 26.0 Å². The number of fused-ring (bicyclic) bond motifs is 2. The molecule has 0 saturated carbocycles. The number of benzene rings is 1. The highest BCUT2D eigenvalue weighted by Crippen LogP contribution is 2.32. The molecule has 4 heterocycles. The summed E-state index contributed by atoms with van der Waals surface area (Å²) in [6, 6.07) is 5.56. The molecule has 3 aromatic heterocycles. The molecule has 0 unspecified atom stereocenters. The Morgan fingerprint density at radius 3 is 3.06 bits per heavy atom. The van der Waals surface area contributed by atoms with Crippen LogP contribution >= 0.6 is 0 Å². The van der Waals surface area contributed by atoms with Crippen LogP contribution in [0.4, 0.5) is 5.82 Å². The number of hydrogen-bond acceptors (Lipinski definition) is 7. The summed E-state index contributed by atoms with van der Waals surface area (Å²) < 4.78 is 7.12. The van der Waals surface area contributed by atoms with E-state index in [9.17, 15) is 4.79 Å². The molecule has 1 aromatic carbocycles. The number of methoxy groups -OCH3 is 1. The number of aromatic nitrogens is 6. The third kappa shape index (κ3) is 3.68. The number of ether oxygens (including phenoxy) is 1. The molecule has 0 spiro atoms. The van der Waals surface area contributed by atoms with Crippen molar-refractivity contribution in [2.24, 2.45) is 0 Å². The lowest BCUT2D eigenvalue weighted by atomic mass is 10.2. The Morgan fingerprint density at radius 1 is 1.36 bits per heavy atom. The summed E-state index contributed by atoms with van der Waals surface area (Å²) >= 11 is 0. The van der Waals surface area contributed by atoms with Crippen molar-refractivity contribution in [3.8, 4) is 11.8 Å².